The van der Waals surface area contributed by atoms with E-state index in [4.69, 9.17) is 14.5 Å². The molecule has 1 fully saturated rings. The Morgan fingerprint density at radius 1 is 1.19 bits per heavy atom. The summed E-state index contributed by atoms with van der Waals surface area (Å²) >= 11 is 1.50. The molecule has 3 aromatic rings. The minimum Gasteiger partial charge on any atom is -0.486 e. The van der Waals surface area contributed by atoms with Crippen LogP contribution < -0.4 is 9.47 Å². The number of amides is 1. The number of nitrogens with zero attached hydrogens (tertiary/aromatic N) is 3. The van der Waals surface area contributed by atoms with Crippen LogP contribution in [0.3, 0.4) is 0 Å². The first-order chi connectivity index (χ1) is 15.2. The van der Waals surface area contributed by atoms with Gasteiger partial charge in [-0.15, -0.1) is 6.58 Å². The van der Waals surface area contributed by atoms with Crippen LogP contribution in [0.15, 0.2) is 60.3 Å². The number of aromatic nitrogens is 2. The Hall–Kier alpha value is -2.93. The number of ether oxygens (including phenoxy) is 2. The summed E-state index contributed by atoms with van der Waals surface area (Å²) in [6.07, 6.45) is 3.83. The van der Waals surface area contributed by atoms with Gasteiger partial charge in [0.2, 0.25) is 5.91 Å². The Morgan fingerprint density at radius 2 is 2.03 bits per heavy atom. The van der Waals surface area contributed by atoms with Crippen LogP contribution >= 0.6 is 11.8 Å². The quantitative estimate of drug-likeness (QED) is 0.423. The van der Waals surface area contributed by atoms with Gasteiger partial charge in [-0.1, -0.05) is 36.0 Å². The van der Waals surface area contributed by atoms with Gasteiger partial charge in [-0.2, -0.15) is 0 Å². The van der Waals surface area contributed by atoms with E-state index in [-0.39, 0.29) is 11.9 Å². The van der Waals surface area contributed by atoms with Gasteiger partial charge in [-0.25, -0.2) is 4.98 Å². The molecule has 0 N–H and O–H groups in total. The number of likely N-dealkylation sites (tertiary alicyclic amines) is 1. The van der Waals surface area contributed by atoms with Crippen molar-refractivity contribution in [3.05, 3.63) is 60.7 Å². The standard InChI is InChI=1S/C24H25N3O3S/c1-2-11-27-20-7-4-3-6-18(20)25-24(27)31-16-23(28)26-12-5-8-19(26)17-9-10-21-22(15-17)30-14-13-29-21/h2-4,6-7,9-10,15,19H,1,5,8,11-14,16H2. The molecule has 160 valence electrons. The summed E-state index contributed by atoms with van der Waals surface area (Å²) in [5, 5.41) is 0.851. The van der Waals surface area contributed by atoms with Gasteiger partial charge in [0.25, 0.3) is 0 Å². The van der Waals surface area contributed by atoms with Crippen molar-refractivity contribution in [2.24, 2.45) is 0 Å². The van der Waals surface area contributed by atoms with Crippen molar-refractivity contribution < 1.29 is 14.3 Å². The van der Waals surface area contributed by atoms with Crippen molar-refractivity contribution in [3.8, 4) is 11.5 Å². The molecule has 5 rings (SSSR count). The molecule has 1 saturated heterocycles. The third-order valence-corrected chi connectivity index (χ3v) is 6.74. The van der Waals surface area contributed by atoms with Crippen molar-refractivity contribution in [1.29, 1.82) is 0 Å². The Kier molecular flexibility index (Phi) is 5.59. The number of imidazole rings is 1. The van der Waals surface area contributed by atoms with E-state index >= 15 is 0 Å². The molecule has 0 radical (unpaired) electrons. The average molecular weight is 436 g/mol. The number of thioether (sulfide) groups is 1. The highest BCUT2D eigenvalue weighted by Gasteiger charge is 2.31. The van der Waals surface area contributed by atoms with Gasteiger partial charge in [-0.3, -0.25) is 4.79 Å². The molecule has 1 aromatic heterocycles. The van der Waals surface area contributed by atoms with Crippen molar-refractivity contribution in [3.63, 3.8) is 0 Å². The fourth-order valence-corrected chi connectivity index (χ4v) is 5.27. The molecule has 31 heavy (non-hydrogen) atoms. The predicted octanol–water partition coefficient (Wildman–Crippen LogP) is 4.45. The van der Waals surface area contributed by atoms with E-state index in [9.17, 15) is 4.79 Å². The number of hydrogen-bond donors (Lipinski definition) is 0. The molecule has 3 heterocycles. The van der Waals surface area contributed by atoms with Gasteiger partial charge < -0.3 is 18.9 Å². The highest BCUT2D eigenvalue weighted by atomic mass is 32.2. The SMILES string of the molecule is C=CCn1c(SCC(=O)N2CCCC2c2ccc3c(c2)OCCO3)nc2ccccc21. The lowest BCUT2D eigenvalue weighted by Gasteiger charge is -2.26. The second-order valence-electron chi connectivity index (χ2n) is 7.72. The highest BCUT2D eigenvalue weighted by molar-refractivity contribution is 7.99. The normalized spacial score (nSPS) is 17.8. The second-order valence-corrected chi connectivity index (χ2v) is 8.66. The molecule has 1 unspecified atom stereocenters. The zero-order chi connectivity index (χ0) is 21.2. The van der Waals surface area contributed by atoms with Gasteiger partial charge in [0.15, 0.2) is 16.7 Å². The summed E-state index contributed by atoms with van der Waals surface area (Å²) in [5.74, 6) is 2.05. The van der Waals surface area contributed by atoms with E-state index < -0.39 is 0 Å². The number of rotatable bonds is 6. The lowest BCUT2D eigenvalue weighted by molar-refractivity contribution is -0.129. The number of para-hydroxylation sites is 2. The average Bonchev–Trinajstić information content (AvgIpc) is 3.43. The van der Waals surface area contributed by atoms with Gasteiger partial charge in [0.1, 0.15) is 13.2 Å². The Balaban J connectivity index is 1.32. The first-order valence-electron chi connectivity index (χ1n) is 10.6. The summed E-state index contributed by atoms with van der Waals surface area (Å²) in [7, 11) is 0. The number of hydrogen-bond acceptors (Lipinski definition) is 5. The van der Waals surface area contributed by atoms with E-state index in [0.717, 1.165) is 52.6 Å². The first-order valence-corrected chi connectivity index (χ1v) is 11.6. The fourth-order valence-electron chi connectivity index (χ4n) is 4.36. The monoisotopic (exact) mass is 435 g/mol. The van der Waals surface area contributed by atoms with Gasteiger partial charge in [0.05, 0.1) is 22.8 Å². The largest absolute Gasteiger partial charge is 0.486 e. The molecule has 1 atom stereocenters. The maximum atomic E-state index is 13.2. The van der Waals surface area contributed by atoms with Crippen molar-refractivity contribution >= 4 is 28.7 Å². The van der Waals surface area contributed by atoms with E-state index in [1.54, 1.807) is 0 Å². The summed E-state index contributed by atoms with van der Waals surface area (Å²) < 4.78 is 13.5. The number of carbonyl (C=O) groups excluding carboxylic acids is 1. The maximum Gasteiger partial charge on any atom is 0.233 e. The number of fused-ring (bicyclic) bond motifs is 2. The fraction of sp³-hybridized carbons (Fsp3) is 0.333. The van der Waals surface area contributed by atoms with Crippen molar-refractivity contribution in [2.75, 3.05) is 25.5 Å². The van der Waals surface area contributed by atoms with Gasteiger partial charge in [0, 0.05) is 13.1 Å². The summed E-state index contributed by atoms with van der Waals surface area (Å²) in [5.41, 5.74) is 3.11. The van der Waals surface area contributed by atoms with E-state index in [2.05, 4.69) is 23.3 Å². The molecule has 1 amide bonds. The number of benzene rings is 2. The molecule has 6 nitrogen and oxygen atoms in total. The highest BCUT2D eigenvalue weighted by Crippen LogP contribution is 2.38. The second kappa shape index (κ2) is 8.67. The molecule has 0 spiro atoms. The van der Waals surface area contributed by atoms with Crippen LogP contribution in [-0.2, 0) is 11.3 Å². The minimum atomic E-state index is 0.0796. The maximum absolute atomic E-state index is 13.2. The third-order valence-electron chi connectivity index (χ3n) is 5.78. The molecule has 2 aliphatic heterocycles. The predicted molar refractivity (Wildman–Crippen MR) is 122 cm³/mol. The Labute approximate surface area is 185 Å². The van der Waals surface area contributed by atoms with Crippen LogP contribution in [0, 0.1) is 0 Å². The number of carbonyl (C=O) groups is 1. The summed E-state index contributed by atoms with van der Waals surface area (Å²) in [6, 6.07) is 14.2. The van der Waals surface area contributed by atoms with Crippen LogP contribution in [0.4, 0.5) is 0 Å². The van der Waals surface area contributed by atoms with Gasteiger partial charge >= 0.3 is 0 Å². The lowest BCUT2D eigenvalue weighted by atomic mass is 10.0. The van der Waals surface area contributed by atoms with E-state index in [1.165, 1.54) is 11.8 Å². The van der Waals surface area contributed by atoms with Crippen molar-refractivity contribution in [1.82, 2.24) is 14.5 Å². The molecule has 0 aliphatic carbocycles. The first kappa shape index (κ1) is 20.0. The third kappa shape index (κ3) is 3.90. The topological polar surface area (TPSA) is 56.6 Å². The molecular formula is C24H25N3O3S. The zero-order valence-electron chi connectivity index (χ0n) is 17.3. The van der Waals surface area contributed by atoms with Crippen LogP contribution in [-0.4, -0.2) is 45.9 Å². The summed E-state index contributed by atoms with van der Waals surface area (Å²) in [6.45, 7) is 6.45. The number of allylic oxidation sites excluding steroid dienone is 1. The van der Waals surface area contributed by atoms with Gasteiger partial charge in [-0.05, 0) is 42.7 Å². The van der Waals surface area contributed by atoms with Crippen LogP contribution in [0.2, 0.25) is 0 Å². The van der Waals surface area contributed by atoms with Crippen LogP contribution in [0.25, 0.3) is 11.0 Å². The molecule has 0 bridgehead atoms. The summed E-state index contributed by atoms with van der Waals surface area (Å²) in [4.78, 5) is 19.9. The Bertz CT molecular complexity index is 1130. The zero-order valence-corrected chi connectivity index (χ0v) is 18.1. The molecule has 7 heteroatoms. The lowest BCUT2D eigenvalue weighted by Crippen LogP contribution is -2.32. The minimum absolute atomic E-state index is 0.0796. The molecule has 0 saturated carbocycles. The smallest absolute Gasteiger partial charge is 0.233 e. The van der Waals surface area contributed by atoms with Crippen molar-refractivity contribution in [2.45, 2.75) is 30.6 Å². The molecule has 2 aromatic carbocycles. The van der Waals surface area contributed by atoms with E-state index in [0.29, 0.717) is 25.5 Å². The van der Waals surface area contributed by atoms with Crippen LogP contribution in [0.1, 0.15) is 24.4 Å². The van der Waals surface area contributed by atoms with E-state index in [1.807, 2.05) is 41.3 Å². The Morgan fingerprint density at radius 3 is 2.90 bits per heavy atom. The molecular weight excluding hydrogens is 410 g/mol. The molecule has 2 aliphatic rings. The van der Waals surface area contributed by atoms with Crippen LogP contribution in [0.5, 0.6) is 11.5 Å².